The number of benzene rings is 2. The molecule has 10 heteroatoms. The summed E-state index contributed by atoms with van der Waals surface area (Å²) in [5.74, 6) is -1.06. The minimum Gasteiger partial charge on any atom is -0.333 e. The molecule has 0 bridgehead atoms. The van der Waals surface area contributed by atoms with E-state index < -0.39 is 23.6 Å². The van der Waals surface area contributed by atoms with Crippen molar-refractivity contribution in [2.75, 3.05) is 13.1 Å². The maximum atomic E-state index is 14.5. The Labute approximate surface area is 227 Å². The Bertz CT molecular complexity index is 1560. The Morgan fingerprint density at radius 1 is 1.15 bits per heavy atom. The number of hydrogen-bond donors (Lipinski definition) is 1. The Hall–Kier alpha value is -3.69. The number of carbonyl (C=O) groups excluding carboxylic acids is 1. The van der Waals surface area contributed by atoms with E-state index in [2.05, 4.69) is 10.3 Å². The molecule has 2 aromatic carbocycles. The minimum absolute atomic E-state index is 0.0763. The molecule has 1 aliphatic heterocycles. The highest BCUT2D eigenvalue weighted by molar-refractivity contribution is 6.29. The molecule has 4 aromatic rings. The number of hydrogen-bond acceptors (Lipinski definition) is 3. The second kappa shape index (κ2) is 10.8. The third-order valence-electron chi connectivity index (χ3n) is 6.78. The molecule has 0 radical (unpaired) electrons. The number of fused-ring (bicyclic) bond motifs is 3. The number of nitrogens with one attached hydrogen (secondary N) is 1. The molecule has 39 heavy (non-hydrogen) atoms. The van der Waals surface area contributed by atoms with Gasteiger partial charge in [0.2, 0.25) is 0 Å². The molecule has 5 rings (SSSR count). The van der Waals surface area contributed by atoms with Crippen molar-refractivity contribution in [1.29, 1.82) is 0 Å². The molecule has 1 aliphatic rings. The van der Waals surface area contributed by atoms with Crippen molar-refractivity contribution in [1.82, 2.24) is 19.8 Å². The van der Waals surface area contributed by atoms with E-state index >= 15 is 0 Å². The van der Waals surface area contributed by atoms with Crippen LogP contribution in [0.3, 0.4) is 0 Å². The van der Waals surface area contributed by atoms with Crippen LogP contribution < -0.4 is 5.32 Å². The fraction of sp³-hybridized carbons (Fsp3) is 0.241. The second-order valence-electron chi connectivity index (χ2n) is 9.55. The first-order valence-electron chi connectivity index (χ1n) is 12.4. The van der Waals surface area contributed by atoms with Gasteiger partial charge in [0.05, 0.1) is 11.1 Å². The fourth-order valence-electron chi connectivity index (χ4n) is 4.95. The maximum absolute atomic E-state index is 14.5. The molecule has 1 N–H and O–H groups in total. The number of rotatable bonds is 5. The van der Waals surface area contributed by atoms with E-state index in [1.807, 2.05) is 48.2 Å². The molecule has 3 heterocycles. The molecule has 0 fully saturated rings. The van der Waals surface area contributed by atoms with Gasteiger partial charge in [-0.05, 0) is 47.9 Å². The second-order valence-corrected chi connectivity index (χ2v) is 9.94. The van der Waals surface area contributed by atoms with Crippen LogP contribution in [0.5, 0.6) is 0 Å². The highest BCUT2D eigenvalue weighted by Crippen LogP contribution is 2.41. The van der Waals surface area contributed by atoms with E-state index in [-0.39, 0.29) is 29.1 Å². The summed E-state index contributed by atoms with van der Waals surface area (Å²) in [4.78, 5) is 19.2. The van der Waals surface area contributed by atoms with E-state index in [9.17, 15) is 22.4 Å². The summed E-state index contributed by atoms with van der Waals surface area (Å²) >= 11 is 5.91. The normalized spacial score (nSPS) is 14.2. The van der Waals surface area contributed by atoms with E-state index in [1.165, 1.54) is 10.8 Å². The van der Waals surface area contributed by atoms with Gasteiger partial charge in [-0.2, -0.15) is 13.2 Å². The summed E-state index contributed by atoms with van der Waals surface area (Å²) in [5, 5.41) is 2.83. The molecule has 1 amide bonds. The summed E-state index contributed by atoms with van der Waals surface area (Å²) in [7, 11) is 0. The molecule has 2 aromatic heterocycles. The van der Waals surface area contributed by atoms with Gasteiger partial charge in [-0.25, -0.2) is 14.2 Å². The van der Waals surface area contributed by atoms with Crippen LogP contribution in [0, 0.1) is 12.7 Å². The van der Waals surface area contributed by atoms with Gasteiger partial charge in [0.15, 0.2) is 0 Å². The van der Waals surface area contributed by atoms with Crippen LogP contribution >= 0.6 is 11.6 Å². The van der Waals surface area contributed by atoms with Crippen molar-refractivity contribution < 1.29 is 22.4 Å². The average molecular weight is 557 g/mol. The van der Waals surface area contributed by atoms with Crippen LogP contribution in [0.2, 0.25) is 5.15 Å². The lowest BCUT2D eigenvalue weighted by atomic mass is 10.00. The molecular formula is C29H25ClF4N4O. The lowest BCUT2D eigenvalue weighted by Crippen LogP contribution is -2.34. The quantitative estimate of drug-likeness (QED) is 0.213. The third kappa shape index (κ3) is 5.84. The summed E-state index contributed by atoms with van der Waals surface area (Å²) in [6, 6.07) is 12.1. The van der Waals surface area contributed by atoms with Gasteiger partial charge in [0.1, 0.15) is 11.0 Å². The van der Waals surface area contributed by atoms with Crippen molar-refractivity contribution in [2.24, 2.45) is 0 Å². The van der Waals surface area contributed by atoms with Crippen molar-refractivity contribution in [3.05, 3.63) is 105 Å². The van der Waals surface area contributed by atoms with Gasteiger partial charge in [-0.15, -0.1) is 0 Å². The maximum Gasteiger partial charge on any atom is 0.417 e. The Balaban J connectivity index is 1.48. The zero-order valence-corrected chi connectivity index (χ0v) is 21.8. The van der Waals surface area contributed by atoms with Gasteiger partial charge < -0.3 is 5.32 Å². The molecule has 0 unspecified atom stereocenters. The monoisotopic (exact) mass is 556 g/mol. The molecule has 0 spiro atoms. The lowest BCUT2D eigenvalue weighted by Gasteiger charge is -2.27. The van der Waals surface area contributed by atoms with Crippen LogP contribution in [-0.4, -0.2) is 33.6 Å². The van der Waals surface area contributed by atoms with Crippen molar-refractivity contribution in [3.63, 3.8) is 0 Å². The first kappa shape index (κ1) is 26.9. The average Bonchev–Trinajstić information content (AvgIpc) is 3.20. The molecular weight excluding hydrogens is 532 g/mol. The topological polar surface area (TPSA) is 50.2 Å². The van der Waals surface area contributed by atoms with E-state index in [0.29, 0.717) is 42.4 Å². The predicted octanol–water partition coefficient (Wildman–Crippen LogP) is 6.99. The first-order chi connectivity index (χ1) is 18.6. The number of halogens is 5. The zero-order chi connectivity index (χ0) is 27.7. The molecule has 0 saturated heterocycles. The number of aromatic nitrogens is 2. The minimum atomic E-state index is -4.79. The van der Waals surface area contributed by atoms with E-state index in [0.717, 1.165) is 17.2 Å². The van der Waals surface area contributed by atoms with Gasteiger partial charge in [-0.1, -0.05) is 53.6 Å². The molecule has 0 aliphatic carbocycles. The van der Waals surface area contributed by atoms with Crippen molar-refractivity contribution in [2.45, 2.75) is 32.6 Å². The Morgan fingerprint density at radius 3 is 2.64 bits per heavy atom. The summed E-state index contributed by atoms with van der Waals surface area (Å²) < 4.78 is 57.9. The highest BCUT2D eigenvalue weighted by Gasteiger charge is 2.38. The number of nitrogens with zero attached hydrogens (tertiary/aromatic N) is 3. The molecule has 202 valence electrons. The SMILES string of the molecule is Cc1ccc(/C=C/CN2CCc3c(c4c(C(F)(F)F)cc(F)cc4n3C(=O)NCc3ccnc(Cl)c3)C2)cc1. The van der Waals surface area contributed by atoms with Crippen LogP contribution in [0.4, 0.5) is 22.4 Å². The lowest BCUT2D eigenvalue weighted by molar-refractivity contribution is -0.136. The predicted molar refractivity (Wildman–Crippen MR) is 143 cm³/mol. The third-order valence-corrected chi connectivity index (χ3v) is 6.99. The largest absolute Gasteiger partial charge is 0.417 e. The van der Waals surface area contributed by atoms with Crippen LogP contribution in [0.15, 0.2) is 60.8 Å². The van der Waals surface area contributed by atoms with Gasteiger partial charge in [0, 0.05) is 49.9 Å². The first-order valence-corrected chi connectivity index (χ1v) is 12.7. The zero-order valence-electron chi connectivity index (χ0n) is 21.0. The van der Waals surface area contributed by atoms with E-state index in [4.69, 9.17) is 11.6 Å². The summed E-state index contributed by atoms with van der Waals surface area (Å²) in [6.45, 7) is 3.31. The fourth-order valence-corrected chi connectivity index (χ4v) is 5.14. The number of amides is 1. The van der Waals surface area contributed by atoms with Crippen molar-refractivity contribution in [3.8, 4) is 0 Å². The summed E-state index contributed by atoms with van der Waals surface area (Å²) in [6.07, 6.45) is 0.955. The van der Waals surface area contributed by atoms with Crippen LogP contribution in [0.1, 0.15) is 33.5 Å². The Morgan fingerprint density at radius 2 is 1.92 bits per heavy atom. The van der Waals surface area contributed by atoms with Gasteiger partial charge in [-0.3, -0.25) is 9.47 Å². The van der Waals surface area contributed by atoms with Crippen LogP contribution in [-0.2, 0) is 25.7 Å². The summed E-state index contributed by atoms with van der Waals surface area (Å²) in [5.41, 5.74) is 2.49. The molecule has 0 saturated carbocycles. The number of carbonyl (C=O) groups is 1. The van der Waals surface area contributed by atoms with Crippen molar-refractivity contribution >= 4 is 34.6 Å². The highest BCUT2D eigenvalue weighted by atomic mass is 35.5. The smallest absolute Gasteiger partial charge is 0.333 e. The molecule has 5 nitrogen and oxygen atoms in total. The Kier molecular flexibility index (Phi) is 7.46. The standard InChI is InChI=1S/C29H25ClF4N4O/c1-18-4-6-19(7-5-18)3-2-11-37-12-9-24-22(17-37)27-23(29(32,33)34)14-21(31)15-25(27)38(24)28(39)36-16-20-8-10-35-26(30)13-20/h2-8,10,13-15H,9,11-12,16-17H2,1H3,(H,36,39)/b3-2+. The number of aryl methyl sites for hydroxylation is 1. The van der Waals surface area contributed by atoms with Crippen LogP contribution in [0.25, 0.3) is 17.0 Å². The van der Waals surface area contributed by atoms with E-state index in [1.54, 1.807) is 12.1 Å². The molecule has 0 atom stereocenters. The number of alkyl halides is 3. The number of pyridine rings is 1. The van der Waals surface area contributed by atoms with Gasteiger partial charge >= 0.3 is 12.2 Å². The van der Waals surface area contributed by atoms with Gasteiger partial charge in [0.25, 0.3) is 0 Å².